The average Bonchev–Trinajstić information content (AvgIpc) is 2.38. The molecule has 0 fully saturated rings. The molecule has 0 aliphatic carbocycles. The number of halogens is 2. The van der Waals surface area contributed by atoms with E-state index in [4.69, 9.17) is 32.7 Å². The predicted octanol–water partition coefficient (Wildman–Crippen LogP) is 3.28. The van der Waals surface area contributed by atoms with Crippen LogP contribution >= 0.6 is 23.2 Å². The summed E-state index contributed by atoms with van der Waals surface area (Å²) in [6.07, 6.45) is 3.46. The molecule has 0 aliphatic rings. The molecule has 4 nitrogen and oxygen atoms in total. The summed E-state index contributed by atoms with van der Waals surface area (Å²) < 4.78 is 9.88. The minimum atomic E-state index is -0.918. The van der Waals surface area contributed by atoms with Crippen molar-refractivity contribution in [2.24, 2.45) is 0 Å². The summed E-state index contributed by atoms with van der Waals surface area (Å²) in [5, 5.41) is -1.84. The Morgan fingerprint density at radius 1 is 0.895 bits per heavy atom. The minimum absolute atomic E-state index is 0.0129. The van der Waals surface area contributed by atoms with Gasteiger partial charge in [0.2, 0.25) is 0 Å². The molecule has 0 N–H and O–H groups in total. The maximum Gasteiger partial charge on any atom is 0.324 e. The van der Waals surface area contributed by atoms with E-state index in [1.807, 2.05) is 13.8 Å². The molecule has 0 spiro atoms. The van der Waals surface area contributed by atoms with Crippen molar-refractivity contribution in [1.29, 1.82) is 0 Å². The summed E-state index contributed by atoms with van der Waals surface area (Å²) >= 11 is 11.7. The van der Waals surface area contributed by atoms with Gasteiger partial charge in [0.25, 0.3) is 0 Å². The van der Waals surface area contributed by atoms with Gasteiger partial charge in [0.15, 0.2) is 0 Å². The van der Waals surface area contributed by atoms with E-state index in [0.29, 0.717) is 13.2 Å². The van der Waals surface area contributed by atoms with Crippen LogP contribution in [0.2, 0.25) is 0 Å². The smallest absolute Gasteiger partial charge is 0.324 e. The molecule has 0 saturated heterocycles. The van der Waals surface area contributed by atoms with Gasteiger partial charge in [0.05, 0.1) is 13.2 Å². The van der Waals surface area contributed by atoms with Crippen molar-refractivity contribution in [1.82, 2.24) is 0 Å². The molecule has 0 heterocycles. The highest BCUT2D eigenvalue weighted by molar-refractivity contribution is 6.33. The maximum absolute atomic E-state index is 11.5. The Morgan fingerprint density at radius 3 is 1.58 bits per heavy atom. The van der Waals surface area contributed by atoms with E-state index in [9.17, 15) is 9.59 Å². The third kappa shape index (κ3) is 9.11. The number of esters is 2. The molecular weight excluding hydrogens is 291 g/mol. The summed E-state index contributed by atoms with van der Waals surface area (Å²) in [7, 11) is 0. The molecule has 19 heavy (non-hydrogen) atoms. The molecule has 0 aromatic rings. The van der Waals surface area contributed by atoms with E-state index in [-0.39, 0.29) is 6.42 Å². The second-order valence-corrected chi connectivity index (χ2v) is 5.27. The van der Waals surface area contributed by atoms with Gasteiger partial charge in [-0.1, -0.05) is 26.7 Å². The van der Waals surface area contributed by atoms with Gasteiger partial charge in [0, 0.05) is 6.42 Å². The van der Waals surface area contributed by atoms with Gasteiger partial charge in [-0.05, 0) is 12.8 Å². The zero-order valence-electron chi connectivity index (χ0n) is 11.5. The average molecular weight is 313 g/mol. The fourth-order valence-electron chi connectivity index (χ4n) is 1.19. The standard InChI is InChI=1S/C13H22Cl2O4/c1-3-5-7-18-12(16)10(14)9-11(15)13(17)19-8-6-4-2/h10-11H,3-9H2,1-2H3. The number of hydrogen-bond donors (Lipinski definition) is 0. The Labute approximate surface area is 124 Å². The third-order valence-electron chi connectivity index (χ3n) is 2.41. The topological polar surface area (TPSA) is 52.6 Å². The number of alkyl halides is 2. The van der Waals surface area contributed by atoms with Crippen molar-refractivity contribution in [3.63, 3.8) is 0 Å². The van der Waals surface area contributed by atoms with Gasteiger partial charge in [-0.2, -0.15) is 0 Å². The van der Waals surface area contributed by atoms with Crippen LogP contribution in [0, 0.1) is 0 Å². The van der Waals surface area contributed by atoms with E-state index in [2.05, 4.69) is 0 Å². The Bertz CT molecular complexity index is 245. The molecule has 2 atom stereocenters. The lowest BCUT2D eigenvalue weighted by Gasteiger charge is -2.13. The number of rotatable bonds is 10. The summed E-state index contributed by atoms with van der Waals surface area (Å²) in [6, 6.07) is 0. The minimum Gasteiger partial charge on any atom is -0.465 e. The van der Waals surface area contributed by atoms with Crippen LogP contribution in [0.25, 0.3) is 0 Å². The normalized spacial score (nSPS) is 13.7. The Hall–Kier alpha value is -0.480. The van der Waals surface area contributed by atoms with E-state index in [0.717, 1.165) is 25.7 Å². The predicted molar refractivity (Wildman–Crippen MR) is 75.6 cm³/mol. The molecule has 0 aromatic heterocycles. The quantitative estimate of drug-likeness (QED) is 0.353. The lowest BCUT2D eigenvalue weighted by molar-refractivity contribution is -0.145. The highest BCUT2D eigenvalue weighted by atomic mass is 35.5. The first-order chi connectivity index (χ1) is 9.02. The zero-order chi connectivity index (χ0) is 14.7. The Morgan fingerprint density at radius 2 is 1.26 bits per heavy atom. The van der Waals surface area contributed by atoms with E-state index in [1.165, 1.54) is 0 Å². The SMILES string of the molecule is CCCCOC(=O)C(Cl)CC(Cl)C(=O)OCCCC. The lowest BCUT2D eigenvalue weighted by Crippen LogP contribution is -2.27. The Balaban J connectivity index is 3.92. The highest BCUT2D eigenvalue weighted by Gasteiger charge is 2.26. The number of carbonyl (C=O) groups excluding carboxylic acids is 2. The fourth-order valence-corrected chi connectivity index (χ4v) is 1.76. The molecule has 0 rings (SSSR count). The molecule has 6 heteroatoms. The van der Waals surface area contributed by atoms with E-state index in [1.54, 1.807) is 0 Å². The van der Waals surface area contributed by atoms with Crippen molar-refractivity contribution in [3.05, 3.63) is 0 Å². The second kappa shape index (κ2) is 11.4. The Kier molecular flexibility index (Phi) is 11.1. The second-order valence-electron chi connectivity index (χ2n) is 4.21. The van der Waals surface area contributed by atoms with Crippen molar-refractivity contribution in [3.8, 4) is 0 Å². The summed E-state index contributed by atoms with van der Waals surface area (Å²) in [5.74, 6) is -1.08. The van der Waals surface area contributed by atoms with Crippen LogP contribution in [-0.2, 0) is 19.1 Å². The van der Waals surface area contributed by atoms with Gasteiger partial charge < -0.3 is 9.47 Å². The number of hydrogen-bond acceptors (Lipinski definition) is 4. The molecule has 0 amide bonds. The van der Waals surface area contributed by atoms with Gasteiger partial charge in [-0.15, -0.1) is 23.2 Å². The van der Waals surface area contributed by atoms with Crippen molar-refractivity contribution >= 4 is 35.1 Å². The lowest BCUT2D eigenvalue weighted by atomic mass is 10.2. The monoisotopic (exact) mass is 312 g/mol. The van der Waals surface area contributed by atoms with Crippen LogP contribution in [0.3, 0.4) is 0 Å². The van der Waals surface area contributed by atoms with Gasteiger partial charge in [-0.25, -0.2) is 0 Å². The molecule has 2 unspecified atom stereocenters. The molecule has 0 bridgehead atoms. The molecule has 0 radical (unpaired) electrons. The van der Waals surface area contributed by atoms with Crippen molar-refractivity contribution in [2.45, 2.75) is 56.7 Å². The molecule has 0 aliphatic heterocycles. The van der Waals surface area contributed by atoms with Crippen LogP contribution in [0.1, 0.15) is 46.0 Å². The van der Waals surface area contributed by atoms with Crippen LogP contribution in [-0.4, -0.2) is 35.9 Å². The highest BCUT2D eigenvalue weighted by Crippen LogP contribution is 2.14. The first-order valence-electron chi connectivity index (χ1n) is 6.64. The molecule has 0 saturated carbocycles. The van der Waals surface area contributed by atoms with Crippen molar-refractivity contribution in [2.75, 3.05) is 13.2 Å². The van der Waals surface area contributed by atoms with Gasteiger partial charge in [0.1, 0.15) is 10.8 Å². The van der Waals surface area contributed by atoms with Crippen LogP contribution in [0.15, 0.2) is 0 Å². The number of ether oxygens (including phenoxy) is 2. The van der Waals surface area contributed by atoms with Gasteiger partial charge in [-0.3, -0.25) is 9.59 Å². The maximum atomic E-state index is 11.5. The summed E-state index contributed by atoms with van der Waals surface area (Å²) in [4.78, 5) is 22.9. The van der Waals surface area contributed by atoms with E-state index < -0.39 is 22.7 Å². The largest absolute Gasteiger partial charge is 0.465 e. The third-order valence-corrected chi connectivity index (χ3v) is 3.12. The summed E-state index contributed by atoms with van der Waals surface area (Å²) in [5.41, 5.74) is 0. The van der Waals surface area contributed by atoms with Crippen LogP contribution in [0.4, 0.5) is 0 Å². The molecule has 112 valence electrons. The number of unbranched alkanes of at least 4 members (excludes halogenated alkanes) is 2. The fraction of sp³-hybridized carbons (Fsp3) is 0.846. The first kappa shape index (κ1) is 18.5. The summed E-state index contributed by atoms with van der Waals surface area (Å²) in [6.45, 7) is 4.67. The van der Waals surface area contributed by atoms with Crippen molar-refractivity contribution < 1.29 is 19.1 Å². The van der Waals surface area contributed by atoms with Gasteiger partial charge >= 0.3 is 11.9 Å². The van der Waals surface area contributed by atoms with E-state index >= 15 is 0 Å². The van der Waals surface area contributed by atoms with Crippen LogP contribution in [0.5, 0.6) is 0 Å². The number of carbonyl (C=O) groups is 2. The zero-order valence-corrected chi connectivity index (χ0v) is 13.0. The molecular formula is C13H22Cl2O4. The van der Waals surface area contributed by atoms with Crippen LogP contribution < -0.4 is 0 Å². The first-order valence-corrected chi connectivity index (χ1v) is 7.51. The molecule has 0 aromatic carbocycles.